The first-order chi connectivity index (χ1) is 12.7. The number of methoxy groups -OCH3 is 1. The first-order valence-electron chi connectivity index (χ1n) is 9.14. The van der Waals surface area contributed by atoms with Gasteiger partial charge >= 0.3 is 5.97 Å². The summed E-state index contributed by atoms with van der Waals surface area (Å²) >= 11 is 0. The van der Waals surface area contributed by atoms with Crippen molar-refractivity contribution in [3.63, 3.8) is 0 Å². The van der Waals surface area contributed by atoms with Gasteiger partial charge in [0.05, 0.1) is 19.1 Å². The fourth-order valence-electron chi connectivity index (χ4n) is 3.27. The van der Waals surface area contributed by atoms with Gasteiger partial charge in [0.2, 0.25) is 5.88 Å². The molecule has 0 bridgehead atoms. The lowest BCUT2D eigenvalue weighted by Gasteiger charge is -2.39. The van der Waals surface area contributed by atoms with E-state index in [1.807, 2.05) is 25.3 Å². The Kier molecular flexibility index (Phi) is 5.89. The third-order valence-corrected chi connectivity index (χ3v) is 5.04. The fraction of sp³-hybridized carbons (Fsp3) is 0.429. The third kappa shape index (κ3) is 4.05. The number of aromatic nitrogens is 1. The van der Waals surface area contributed by atoms with Crippen molar-refractivity contribution in [3.05, 3.63) is 48.2 Å². The van der Waals surface area contributed by atoms with Crippen molar-refractivity contribution in [2.24, 2.45) is 5.41 Å². The molecule has 5 heteroatoms. The van der Waals surface area contributed by atoms with Crippen LogP contribution < -0.4 is 10.1 Å². The number of nitrogens with zero attached hydrogens (tertiary/aromatic N) is 1. The van der Waals surface area contributed by atoms with E-state index in [2.05, 4.69) is 34.6 Å². The van der Waals surface area contributed by atoms with E-state index in [4.69, 9.17) is 9.47 Å². The van der Waals surface area contributed by atoms with Gasteiger partial charge in [0.1, 0.15) is 0 Å². The van der Waals surface area contributed by atoms with Gasteiger partial charge in [0.15, 0.2) is 0 Å². The number of hydrogen-bond acceptors (Lipinski definition) is 5. The van der Waals surface area contributed by atoms with Gasteiger partial charge < -0.3 is 14.8 Å². The molecule has 1 aromatic carbocycles. The van der Waals surface area contributed by atoms with Gasteiger partial charge in [-0.05, 0) is 37.0 Å². The van der Waals surface area contributed by atoms with Crippen LogP contribution in [0.2, 0.25) is 0 Å². The van der Waals surface area contributed by atoms with Crippen molar-refractivity contribution in [1.82, 2.24) is 10.3 Å². The molecule has 1 N–H and O–H groups in total. The number of benzene rings is 1. The van der Waals surface area contributed by atoms with Crippen LogP contribution in [0, 0.1) is 5.41 Å². The van der Waals surface area contributed by atoms with E-state index in [9.17, 15) is 4.79 Å². The molecule has 0 atom stereocenters. The molecule has 5 nitrogen and oxygen atoms in total. The predicted octanol–water partition coefficient (Wildman–Crippen LogP) is 3.58. The van der Waals surface area contributed by atoms with Crippen LogP contribution in [0.4, 0.5) is 0 Å². The molecule has 26 heavy (non-hydrogen) atoms. The number of esters is 1. The molecule has 1 aliphatic rings. The zero-order valence-corrected chi connectivity index (χ0v) is 15.5. The Morgan fingerprint density at radius 2 is 1.88 bits per heavy atom. The molecule has 0 saturated heterocycles. The van der Waals surface area contributed by atoms with Crippen LogP contribution >= 0.6 is 0 Å². The highest BCUT2D eigenvalue weighted by Gasteiger charge is 2.44. The summed E-state index contributed by atoms with van der Waals surface area (Å²) in [5, 5.41) is 3.43. The number of nitrogens with one attached hydrogen (secondary N) is 1. The largest absolute Gasteiger partial charge is 0.481 e. The first-order valence-corrected chi connectivity index (χ1v) is 9.14. The number of carbonyl (C=O) groups is 1. The molecule has 138 valence electrons. The average Bonchev–Trinajstić information content (AvgIpc) is 2.64. The van der Waals surface area contributed by atoms with Crippen molar-refractivity contribution >= 4 is 5.97 Å². The lowest BCUT2D eigenvalue weighted by Crippen LogP contribution is -2.47. The highest BCUT2D eigenvalue weighted by atomic mass is 16.5. The summed E-state index contributed by atoms with van der Waals surface area (Å²) in [6, 6.07) is 12.2. The standard InChI is InChI=1S/C21H26N2O3/c1-3-26-20(24)21(11-4-12-21)15-22-13-16-5-7-17(8-6-16)18-9-10-19(25-2)23-14-18/h5-10,14,22H,3-4,11-13,15H2,1-2H3. The molecule has 3 rings (SSSR count). The third-order valence-electron chi connectivity index (χ3n) is 5.04. The Morgan fingerprint density at radius 3 is 2.42 bits per heavy atom. The Bertz CT molecular complexity index is 722. The van der Waals surface area contributed by atoms with Crippen LogP contribution in [0.5, 0.6) is 5.88 Å². The highest BCUT2D eigenvalue weighted by Crippen LogP contribution is 2.41. The van der Waals surface area contributed by atoms with Crippen LogP contribution in [-0.2, 0) is 16.1 Å². The summed E-state index contributed by atoms with van der Waals surface area (Å²) in [6.07, 6.45) is 4.75. The second-order valence-electron chi connectivity index (χ2n) is 6.74. The number of rotatable bonds is 8. The van der Waals surface area contributed by atoms with Crippen LogP contribution in [0.3, 0.4) is 0 Å². The number of carbonyl (C=O) groups excluding carboxylic acids is 1. The van der Waals surface area contributed by atoms with Gasteiger partial charge in [0.25, 0.3) is 0 Å². The van der Waals surface area contributed by atoms with Gasteiger partial charge in [-0.2, -0.15) is 0 Å². The van der Waals surface area contributed by atoms with Crippen LogP contribution in [0.15, 0.2) is 42.6 Å². The predicted molar refractivity (Wildman–Crippen MR) is 101 cm³/mol. The highest BCUT2D eigenvalue weighted by molar-refractivity contribution is 5.78. The zero-order chi connectivity index (χ0) is 18.4. The van der Waals surface area contributed by atoms with Gasteiger partial charge in [-0.25, -0.2) is 4.98 Å². The van der Waals surface area contributed by atoms with Crippen molar-refractivity contribution in [2.75, 3.05) is 20.3 Å². The summed E-state index contributed by atoms with van der Waals surface area (Å²) in [4.78, 5) is 16.4. The maximum atomic E-state index is 12.2. The molecule has 1 aliphatic carbocycles. The Morgan fingerprint density at radius 1 is 1.15 bits per heavy atom. The fourth-order valence-corrected chi connectivity index (χ4v) is 3.27. The van der Waals surface area contributed by atoms with Gasteiger partial charge in [0, 0.05) is 30.9 Å². The minimum absolute atomic E-state index is 0.0545. The van der Waals surface area contributed by atoms with E-state index in [0.717, 1.165) is 36.9 Å². The summed E-state index contributed by atoms with van der Waals surface area (Å²) in [6.45, 7) is 3.72. The lowest BCUT2D eigenvalue weighted by molar-refractivity contribution is -0.160. The second kappa shape index (κ2) is 8.32. The molecular weight excluding hydrogens is 328 g/mol. The van der Waals surface area contributed by atoms with Crippen molar-refractivity contribution < 1.29 is 14.3 Å². The quantitative estimate of drug-likeness (QED) is 0.734. The van der Waals surface area contributed by atoms with E-state index in [-0.39, 0.29) is 11.4 Å². The van der Waals surface area contributed by atoms with Gasteiger partial charge in [-0.1, -0.05) is 30.7 Å². The summed E-state index contributed by atoms with van der Waals surface area (Å²) in [5.41, 5.74) is 3.05. The normalized spacial score (nSPS) is 15.2. The zero-order valence-electron chi connectivity index (χ0n) is 15.5. The molecule has 0 unspecified atom stereocenters. The molecule has 1 fully saturated rings. The van der Waals surface area contributed by atoms with Crippen molar-refractivity contribution in [2.45, 2.75) is 32.7 Å². The monoisotopic (exact) mass is 354 g/mol. The van der Waals surface area contributed by atoms with Crippen molar-refractivity contribution in [1.29, 1.82) is 0 Å². The van der Waals surface area contributed by atoms with Crippen LogP contribution in [-0.4, -0.2) is 31.2 Å². The Hall–Kier alpha value is -2.40. The van der Waals surface area contributed by atoms with Crippen LogP contribution in [0.25, 0.3) is 11.1 Å². The first kappa shape index (κ1) is 18.4. The van der Waals surface area contributed by atoms with E-state index in [0.29, 0.717) is 19.0 Å². The molecule has 1 heterocycles. The number of pyridine rings is 1. The topological polar surface area (TPSA) is 60.5 Å². The van der Waals surface area contributed by atoms with E-state index in [1.165, 1.54) is 5.56 Å². The average molecular weight is 354 g/mol. The van der Waals surface area contributed by atoms with E-state index < -0.39 is 0 Å². The maximum absolute atomic E-state index is 12.2. The smallest absolute Gasteiger partial charge is 0.313 e. The molecule has 2 aromatic rings. The summed E-state index contributed by atoms with van der Waals surface area (Å²) in [5.74, 6) is 0.558. The van der Waals surface area contributed by atoms with E-state index >= 15 is 0 Å². The molecule has 0 amide bonds. The van der Waals surface area contributed by atoms with Crippen molar-refractivity contribution in [3.8, 4) is 17.0 Å². The molecule has 0 spiro atoms. The van der Waals surface area contributed by atoms with Gasteiger partial charge in [-0.3, -0.25) is 4.79 Å². The molecule has 0 radical (unpaired) electrons. The van der Waals surface area contributed by atoms with E-state index in [1.54, 1.807) is 7.11 Å². The SMILES string of the molecule is CCOC(=O)C1(CNCc2ccc(-c3ccc(OC)nc3)cc2)CCC1. The second-order valence-corrected chi connectivity index (χ2v) is 6.74. The summed E-state index contributed by atoms with van der Waals surface area (Å²) in [7, 11) is 1.61. The maximum Gasteiger partial charge on any atom is 0.313 e. The number of ether oxygens (including phenoxy) is 2. The minimum Gasteiger partial charge on any atom is -0.481 e. The van der Waals surface area contributed by atoms with Crippen LogP contribution in [0.1, 0.15) is 31.7 Å². The molecule has 0 aliphatic heterocycles. The Balaban J connectivity index is 1.55. The minimum atomic E-state index is -0.315. The Labute approximate surface area is 154 Å². The molecular formula is C21H26N2O3. The lowest BCUT2D eigenvalue weighted by atomic mass is 9.68. The molecule has 1 saturated carbocycles. The number of hydrogen-bond donors (Lipinski definition) is 1. The molecule has 1 aromatic heterocycles. The van der Waals surface area contributed by atoms with Gasteiger partial charge in [-0.15, -0.1) is 0 Å². The summed E-state index contributed by atoms with van der Waals surface area (Å²) < 4.78 is 10.3.